The van der Waals surface area contributed by atoms with Gasteiger partial charge in [0.1, 0.15) is 5.82 Å². The summed E-state index contributed by atoms with van der Waals surface area (Å²) in [5.41, 5.74) is 2.55. The number of hydrogen-bond donors (Lipinski definition) is 0. The minimum absolute atomic E-state index is 0.206. The lowest BCUT2D eigenvalue weighted by Crippen LogP contribution is -2.16. The summed E-state index contributed by atoms with van der Waals surface area (Å²) in [6, 6.07) is 1.76. The van der Waals surface area contributed by atoms with E-state index in [0.717, 1.165) is 29.9 Å². The molecular weight excluding hydrogens is 266 g/mol. The molecule has 0 aromatic carbocycles. The predicted molar refractivity (Wildman–Crippen MR) is 69.7 cm³/mol. The monoisotopic (exact) mass is 277 g/mol. The van der Waals surface area contributed by atoms with Crippen LogP contribution in [0.5, 0.6) is 0 Å². The van der Waals surface area contributed by atoms with Crippen molar-refractivity contribution in [3.05, 3.63) is 40.6 Å². The first-order chi connectivity index (χ1) is 9.20. The highest BCUT2D eigenvalue weighted by Gasteiger charge is 2.24. The number of aromatic nitrogens is 3. The van der Waals surface area contributed by atoms with Crippen LogP contribution in [0.2, 0.25) is 5.28 Å². The maximum Gasteiger partial charge on any atom is 0.339 e. The molecule has 19 heavy (non-hydrogen) atoms. The van der Waals surface area contributed by atoms with Crippen molar-refractivity contribution < 1.29 is 9.53 Å². The highest BCUT2D eigenvalue weighted by molar-refractivity contribution is 6.28. The fourth-order valence-electron chi connectivity index (χ4n) is 2.33. The smallest absolute Gasteiger partial charge is 0.339 e. The molecule has 6 heteroatoms. The zero-order chi connectivity index (χ0) is 13.4. The maximum atomic E-state index is 11.9. The van der Waals surface area contributed by atoms with E-state index in [1.165, 1.54) is 0 Å². The second kappa shape index (κ2) is 4.66. The van der Waals surface area contributed by atoms with E-state index in [0.29, 0.717) is 12.2 Å². The van der Waals surface area contributed by atoms with Crippen molar-refractivity contribution in [2.45, 2.75) is 19.8 Å². The molecule has 0 radical (unpaired) electrons. The molecule has 0 saturated heterocycles. The molecule has 0 saturated carbocycles. The Bertz CT molecular complexity index is 651. The van der Waals surface area contributed by atoms with Crippen LogP contribution < -0.4 is 0 Å². The van der Waals surface area contributed by atoms with Gasteiger partial charge in [0.25, 0.3) is 0 Å². The molecule has 0 spiro atoms. The Morgan fingerprint density at radius 2 is 2.37 bits per heavy atom. The van der Waals surface area contributed by atoms with E-state index in [2.05, 4.69) is 9.97 Å². The minimum Gasteiger partial charge on any atom is -0.462 e. The number of carbonyl (C=O) groups excluding carboxylic acids is 1. The summed E-state index contributed by atoms with van der Waals surface area (Å²) in [4.78, 5) is 20.1. The van der Waals surface area contributed by atoms with Crippen molar-refractivity contribution >= 4 is 17.6 Å². The zero-order valence-corrected chi connectivity index (χ0v) is 11.1. The number of nitrogens with zero attached hydrogens (tertiary/aromatic N) is 3. The molecule has 3 rings (SSSR count). The Morgan fingerprint density at radius 1 is 1.53 bits per heavy atom. The van der Waals surface area contributed by atoms with Crippen LogP contribution in [0.15, 0.2) is 18.5 Å². The molecule has 0 aliphatic carbocycles. The summed E-state index contributed by atoms with van der Waals surface area (Å²) in [5, 5.41) is 0.206. The molecule has 5 nitrogen and oxygen atoms in total. The maximum absolute atomic E-state index is 11.9. The molecule has 1 aliphatic rings. The van der Waals surface area contributed by atoms with Gasteiger partial charge in [0, 0.05) is 23.7 Å². The fourth-order valence-corrected chi connectivity index (χ4v) is 2.46. The van der Waals surface area contributed by atoms with Crippen molar-refractivity contribution in [2.24, 2.45) is 0 Å². The van der Waals surface area contributed by atoms with Crippen LogP contribution in [0, 0.1) is 0 Å². The van der Waals surface area contributed by atoms with E-state index in [1.807, 2.05) is 10.8 Å². The second-order valence-electron chi connectivity index (χ2n) is 4.25. The molecule has 98 valence electrons. The van der Waals surface area contributed by atoms with Gasteiger partial charge in [0.15, 0.2) is 0 Å². The number of hydrogen-bond acceptors (Lipinski definition) is 4. The van der Waals surface area contributed by atoms with Crippen LogP contribution in [-0.2, 0) is 17.6 Å². The van der Waals surface area contributed by atoms with Crippen molar-refractivity contribution in [3.63, 3.8) is 0 Å². The third-order valence-corrected chi connectivity index (χ3v) is 3.34. The molecule has 0 amide bonds. The van der Waals surface area contributed by atoms with Crippen LogP contribution in [0.3, 0.4) is 0 Å². The molecule has 1 aliphatic heterocycles. The van der Waals surface area contributed by atoms with Crippen LogP contribution in [0.25, 0.3) is 5.82 Å². The fraction of sp³-hybridized carbons (Fsp3) is 0.308. The lowest BCUT2D eigenvalue weighted by Gasteiger charge is -2.18. The lowest BCUT2D eigenvalue weighted by molar-refractivity contribution is 0.0525. The molecule has 2 aromatic rings. The van der Waals surface area contributed by atoms with Gasteiger partial charge in [-0.3, -0.25) is 0 Å². The lowest BCUT2D eigenvalue weighted by atomic mass is 10.0. The van der Waals surface area contributed by atoms with Gasteiger partial charge >= 0.3 is 5.97 Å². The Hall–Kier alpha value is -1.88. The first-order valence-electron chi connectivity index (χ1n) is 6.10. The van der Waals surface area contributed by atoms with Gasteiger partial charge in [-0.2, -0.15) is 4.98 Å². The number of fused-ring (bicyclic) bond motifs is 3. The minimum atomic E-state index is -0.292. The average molecular weight is 278 g/mol. The molecule has 0 bridgehead atoms. The van der Waals surface area contributed by atoms with Crippen LogP contribution in [-0.4, -0.2) is 27.1 Å². The summed E-state index contributed by atoms with van der Waals surface area (Å²) < 4.78 is 6.94. The summed E-state index contributed by atoms with van der Waals surface area (Å²) in [5.74, 6) is 0.455. The van der Waals surface area contributed by atoms with Crippen LogP contribution in [0.1, 0.15) is 28.5 Å². The Labute approximate surface area is 115 Å². The number of aryl methyl sites for hydroxylation is 1. The zero-order valence-electron chi connectivity index (χ0n) is 10.4. The van der Waals surface area contributed by atoms with Crippen molar-refractivity contribution in [1.29, 1.82) is 0 Å². The first-order valence-corrected chi connectivity index (χ1v) is 6.47. The van der Waals surface area contributed by atoms with E-state index in [4.69, 9.17) is 16.3 Å². The van der Waals surface area contributed by atoms with E-state index in [-0.39, 0.29) is 11.3 Å². The van der Waals surface area contributed by atoms with Crippen LogP contribution in [0.4, 0.5) is 0 Å². The van der Waals surface area contributed by atoms with Gasteiger partial charge in [-0.05, 0) is 37.4 Å². The molecule has 3 heterocycles. The Morgan fingerprint density at radius 3 is 3.16 bits per heavy atom. The van der Waals surface area contributed by atoms with Gasteiger partial charge < -0.3 is 9.30 Å². The first kappa shape index (κ1) is 12.2. The molecule has 0 fully saturated rings. The molecule has 0 unspecified atom stereocenters. The predicted octanol–water partition coefficient (Wildman–Crippen LogP) is 2.20. The summed E-state index contributed by atoms with van der Waals surface area (Å²) in [6.45, 7) is 2.16. The van der Waals surface area contributed by atoms with E-state index < -0.39 is 0 Å². The van der Waals surface area contributed by atoms with Crippen molar-refractivity contribution in [1.82, 2.24) is 14.5 Å². The SMILES string of the molecule is CCOC(=O)c1ccn2c1CCc1cnc(Cl)nc1-2. The molecule has 0 atom stereocenters. The number of rotatable bonds is 2. The van der Waals surface area contributed by atoms with Crippen LogP contribution >= 0.6 is 11.6 Å². The average Bonchev–Trinajstić information content (AvgIpc) is 2.83. The van der Waals surface area contributed by atoms with Gasteiger partial charge in [0.2, 0.25) is 5.28 Å². The van der Waals surface area contributed by atoms with Gasteiger partial charge in [-0.25, -0.2) is 9.78 Å². The largest absolute Gasteiger partial charge is 0.462 e. The number of carbonyl (C=O) groups is 1. The summed E-state index contributed by atoms with van der Waals surface area (Å²) in [6.07, 6.45) is 5.11. The number of esters is 1. The van der Waals surface area contributed by atoms with Gasteiger partial charge in [-0.15, -0.1) is 0 Å². The topological polar surface area (TPSA) is 57.0 Å². The normalized spacial score (nSPS) is 12.7. The number of halogens is 1. The highest BCUT2D eigenvalue weighted by atomic mass is 35.5. The summed E-state index contributed by atoms with van der Waals surface area (Å²) in [7, 11) is 0. The van der Waals surface area contributed by atoms with Crippen molar-refractivity contribution in [3.8, 4) is 5.82 Å². The third kappa shape index (κ3) is 2.00. The molecular formula is C13H12ClN3O2. The Kier molecular flexibility index (Phi) is 2.98. The summed E-state index contributed by atoms with van der Waals surface area (Å²) >= 11 is 5.84. The van der Waals surface area contributed by atoms with E-state index >= 15 is 0 Å². The van der Waals surface area contributed by atoms with E-state index in [9.17, 15) is 4.79 Å². The van der Waals surface area contributed by atoms with Gasteiger partial charge in [0.05, 0.1) is 12.2 Å². The third-order valence-electron chi connectivity index (χ3n) is 3.16. The van der Waals surface area contributed by atoms with Crippen molar-refractivity contribution in [2.75, 3.05) is 6.61 Å². The number of ether oxygens (including phenoxy) is 1. The molecule has 0 N–H and O–H groups in total. The quantitative estimate of drug-likeness (QED) is 0.624. The van der Waals surface area contributed by atoms with E-state index in [1.54, 1.807) is 19.2 Å². The second-order valence-corrected chi connectivity index (χ2v) is 4.59. The van der Waals surface area contributed by atoms with Gasteiger partial charge in [-0.1, -0.05) is 0 Å². The molecule has 2 aromatic heterocycles. The highest BCUT2D eigenvalue weighted by Crippen LogP contribution is 2.27. The Balaban J connectivity index is 2.09. The standard InChI is InChI=1S/C13H12ClN3O2/c1-2-19-12(18)9-5-6-17-10(9)4-3-8-7-15-13(14)16-11(8)17/h5-7H,2-4H2,1H3.